The molecule has 2 aromatic heterocycles. The van der Waals surface area contributed by atoms with Gasteiger partial charge in [0.05, 0.1) is 36.2 Å². The second kappa shape index (κ2) is 8.87. The fourth-order valence-electron chi connectivity index (χ4n) is 3.41. The maximum atomic E-state index is 12.9. The van der Waals surface area contributed by atoms with Crippen LogP contribution in [0.4, 0.5) is 5.69 Å². The Labute approximate surface area is 188 Å². The molecule has 0 aliphatic rings. The van der Waals surface area contributed by atoms with E-state index in [0.717, 1.165) is 21.3 Å². The lowest BCUT2D eigenvalue weighted by Gasteiger charge is -2.10. The van der Waals surface area contributed by atoms with Crippen molar-refractivity contribution in [1.29, 1.82) is 0 Å². The summed E-state index contributed by atoms with van der Waals surface area (Å²) in [6, 6.07) is 15.1. The zero-order valence-corrected chi connectivity index (χ0v) is 18.9. The topological polar surface area (TPSA) is 77.8 Å². The van der Waals surface area contributed by atoms with Crippen LogP contribution < -0.4 is 10.1 Å². The monoisotopic (exact) mass is 480 g/mol. The largest absolute Gasteiger partial charge is 0.497 e. The van der Waals surface area contributed by atoms with E-state index >= 15 is 0 Å². The smallest absolute Gasteiger partial charge is 0.259 e. The van der Waals surface area contributed by atoms with Gasteiger partial charge in [-0.1, -0.05) is 34.1 Å². The fraction of sp³-hybridized carbons (Fsp3) is 0.174. The van der Waals surface area contributed by atoms with E-state index in [0.29, 0.717) is 34.9 Å². The average Bonchev–Trinajstić information content (AvgIpc) is 3.14. The highest BCUT2D eigenvalue weighted by molar-refractivity contribution is 9.10. The molecule has 4 rings (SSSR count). The lowest BCUT2D eigenvalue weighted by molar-refractivity contribution is 0.102. The van der Waals surface area contributed by atoms with Crippen molar-refractivity contribution in [2.45, 2.75) is 13.5 Å². The van der Waals surface area contributed by atoms with E-state index in [4.69, 9.17) is 14.6 Å². The number of carbonyl (C=O) groups excluding carboxylic acids is 1. The maximum Gasteiger partial charge on any atom is 0.259 e. The van der Waals surface area contributed by atoms with Gasteiger partial charge in [-0.05, 0) is 36.8 Å². The van der Waals surface area contributed by atoms with Gasteiger partial charge in [-0.3, -0.25) is 4.79 Å². The maximum absolute atomic E-state index is 12.9. The number of aryl methyl sites for hydroxylation is 1. The van der Waals surface area contributed by atoms with Crippen LogP contribution in [-0.4, -0.2) is 34.7 Å². The number of anilines is 1. The Morgan fingerprint density at radius 2 is 1.94 bits per heavy atom. The molecule has 0 spiro atoms. The van der Waals surface area contributed by atoms with Gasteiger partial charge in [-0.15, -0.1) is 0 Å². The summed E-state index contributed by atoms with van der Waals surface area (Å²) in [5.41, 5.74) is 5.05. The van der Waals surface area contributed by atoms with Gasteiger partial charge < -0.3 is 14.8 Å². The van der Waals surface area contributed by atoms with Gasteiger partial charge in [0, 0.05) is 29.5 Å². The van der Waals surface area contributed by atoms with Gasteiger partial charge in [-0.2, -0.15) is 5.10 Å². The summed E-state index contributed by atoms with van der Waals surface area (Å²) < 4.78 is 13.3. The molecule has 0 fully saturated rings. The summed E-state index contributed by atoms with van der Waals surface area (Å²) in [6.07, 6.45) is 1.58. The summed E-state index contributed by atoms with van der Waals surface area (Å²) in [7, 11) is 3.21. The Kier molecular flexibility index (Phi) is 6.01. The normalized spacial score (nSPS) is 11.0. The van der Waals surface area contributed by atoms with Gasteiger partial charge in [0.25, 0.3) is 5.91 Å². The highest BCUT2D eigenvalue weighted by Gasteiger charge is 2.20. The van der Waals surface area contributed by atoms with Crippen LogP contribution in [0.15, 0.2) is 59.2 Å². The van der Waals surface area contributed by atoms with Gasteiger partial charge in [0.1, 0.15) is 5.75 Å². The minimum atomic E-state index is -0.269. The van der Waals surface area contributed by atoms with Crippen LogP contribution >= 0.6 is 15.9 Å². The van der Waals surface area contributed by atoms with Crippen molar-refractivity contribution >= 4 is 33.2 Å². The number of nitrogens with one attached hydrogen (secondary N) is 1. The van der Waals surface area contributed by atoms with Crippen molar-refractivity contribution in [3.8, 4) is 16.9 Å². The van der Waals surface area contributed by atoms with Crippen molar-refractivity contribution in [2.75, 3.05) is 19.5 Å². The third-order valence-electron chi connectivity index (χ3n) is 4.94. The van der Waals surface area contributed by atoms with Gasteiger partial charge in [0.2, 0.25) is 0 Å². The van der Waals surface area contributed by atoms with E-state index in [1.54, 1.807) is 37.1 Å². The van der Waals surface area contributed by atoms with Crippen molar-refractivity contribution in [1.82, 2.24) is 14.6 Å². The summed E-state index contributed by atoms with van der Waals surface area (Å²) in [5, 5.41) is 7.59. The first-order chi connectivity index (χ1) is 15.0. The first-order valence-electron chi connectivity index (χ1n) is 9.59. The number of aromatic nitrogens is 3. The second-order valence-electron chi connectivity index (χ2n) is 6.94. The summed E-state index contributed by atoms with van der Waals surface area (Å²) in [5.74, 6) is 0.396. The Hall–Kier alpha value is -3.23. The zero-order valence-electron chi connectivity index (χ0n) is 17.3. The molecule has 0 aliphatic heterocycles. The molecule has 1 N–H and O–H groups in total. The Bertz CT molecular complexity index is 1250. The molecule has 2 heterocycles. The minimum absolute atomic E-state index is 0.269. The van der Waals surface area contributed by atoms with Crippen LogP contribution in [0.5, 0.6) is 5.75 Å². The molecule has 0 radical (unpaired) electrons. The van der Waals surface area contributed by atoms with E-state index in [9.17, 15) is 4.79 Å². The molecule has 1 amide bonds. The van der Waals surface area contributed by atoms with Gasteiger partial charge in [0.15, 0.2) is 5.65 Å². The number of rotatable bonds is 6. The zero-order chi connectivity index (χ0) is 22.0. The molecule has 2 aromatic carbocycles. The molecule has 0 saturated carbocycles. The molecule has 4 aromatic rings. The summed E-state index contributed by atoms with van der Waals surface area (Å²) >= 11 is 3.47. The highest BCUT2D eigenvalue weighted by Crippen LogP contribution is 2.30. The third-order valence-corrected chi connectivity index (χ3v) is 5.47. The number of amides is 1. The van der Waals surface area contributed by atoms with Crippen LogP contribution in [0.25, 0.3) is 16.8 Å². The predicted molar refractivity (Wildman–Crippen MR) is 123 cm³/mol. The van der Waals surface area contributed by atoms with E-state index < -0.39 is 0 Å². The standard InChI is InChI=1S/C23H21BrN4O3/c1-14-19(23(29)26-17-5-4-6-18(11-17)31-3)12-25-22-21(15-7-9-16(24)10-8-15)20(13-30-2)27-28(14)22/h4-12H,13H2,1-3H3,(H,26,29). The fourth-order valence-corrected chi connectivity index (χ4v) is 3.68. The number of methoxy groups -OCH3 is 2. The van der Waals surface area contributed by atoms with E-state index in [-0.39, 0.29) is 5.91 Å². The quantitative estimate of drug-likeness (QED) is 0.425. The lowest BCUT2D eigenvalue weighted by Crippen LogP contribution is -2.16. The Morgan fingerprint density at radius 1 is 1.16 bits per heavy atom. The van der Waals surface area contributed by atoms with Crippen LogP contribution in [0.1, 0.15) is 21.7 Å². The molecule has 0 unspecified atom stereocenters. The molecule has 0 atom stereocenters. The summed E-state index contributed by atoms with van der Waals surface area (Å²) in [4.78, 5) is 17.5. The SMILES string of the molecule is COCc1nn2c(C)c(C(=O)Nc3cccc(OC)c3)cnc2c1-c1ccc(Br)cc1. The van der Waals surface area contributed by atoms with E-state index in [1.165, 1.54) is 0 Å². The van der Waals surface area contributed by atoms with Crippen LogP contribution in [0.2, 0.25) is 0 Å². The number of fused-ring (bicyclic) bond motifs is 1. The van der Waals surface area contributed by atoms with Crippen molar-refractivity contribution in [2.24, 2.45) is 0 Å². The molecule has 31 heavy (non-hydrogen) atoms. The van der Waals surface area contributed by atoms with Crippen molar-refractivity contribution in [3.05, 3.63) is 76.2 Å². The first kappa shape index (κ1) is 21.0. The number of hydrogen-bond acceptors (Lipinski definition) is 5. The number of hydrogen-bond donors (Lipinski definition) is 1. The van der Waals surface area contributed by atoms with Crippen LogP contribution in [0, 0.1) is 6.92 Å². The van der Waals surface area contributed by atoms with E-state index in [2.05, 4.69) is 26.2 Å². The number of halogens is 1. The summed E-state index contributed by atoms with van der Waals surface area (Å²) in [6.45, 7) is 2.18. The Balaban J connectivity index is 1.76. The first-order valence-corrected chi connectivity index (χ1v) is 10.4. The second-order valence-corrected chi connectivity index (χ2v) is 7.86. The highest BCUT2D eigenvalue weighted by atomic mass is 79.9. The third kappa shape index (κ3) is 4.17. The molecular formula is C23H21BrN4O3. The van der Waals surface area contributed by atoms with Gasteiger partial charge in [-0.25, -0.2) is 9.50 Å². The van der Waals surface area contributed by atoms with Crippen molar-refractivity contribution < 1.29 is 14.3 Å². The van der Waals surface area contributed by atoms with E-state index in [1.807, 2.05) is 43.3 Å². The minimum Gasteiger partial charge on any atom is -0.497 e. The number of ether oxygens (including phenoxy) is 2. The predicted octanol–water partition coefficient (Wildman–Crippen LogP) is 4.87. The number of nitrogens with zero attached hydrogens (tertiary/aromatic N) is 3. The molecule has 8 heteroatoms. The molecule has 0 saturated heterocycles. The van der Waals surface area contributed by atoms with Crippen LogP contribution in [-0.2, 0) is 11.3 Å². The van der Waals surface area contributed by atoms with Crippen LogP contribution in [0.3, 0.4) is 0 Å². The molecule has 0 bridgehead atoms. The lowest BCUT2D eigenvalue weighted by atomic mass is 10.1. The van der Waals surface area contributed by atoms with Crippen molar-refractivity contribution in [3.63, 3.8) is 0 Å². The molecule has 158 valence electrons. The van der Waals surface area contributed by atoms with Gasteiger partial charge >= 0.3 is 0 Å². The number of benzene rings is 2. The molecule has 7 nitrogen and oxygen atoms in total. The molecular weight excluding hydrogens is 460 g/mol. The number of carbonyl (C=O) groups is 1. The molecule has 0 aliphatic carbocycles. The Morgan fingerprint density at radius 3 is 2.65 bits per heavy atom. The average molecular weight is 481 g/mol.